The molecule has 0 unspecified atom stereocenters. The lowest BCUT2D eigenvalue weighted by Crippen LogP contribution is -2.33. The molecule has 0 saturated carbocycles. The molecule has 1 N–H and O–H groups in total. The van der Waals surface area contributed by atoms with Crippen molar-refractivity contribution in [1.82, 2.24) is 25.0 Å². The molecule has 0 radical (unpaired) electrons. The number of aromatic nitrogens is 4. The van der Waals surface area contributed by atoms with Crippen molar-refractivity contribution in [2.75, 3.05) is 6.61 Å². The molecule has 0 aliphatic carbocycles. The lowest BCUT2D eigenvalue weighted by molar-refractivity contribution is 0.0835. The van der Waals surface area contributed by atoms with Crippen LogP contribution in [0.4, 0.5) is 0 Å². The van der Waals surface area contributed by atoms with E-state index in [1.54, 1.807) is 25.2 Å². The van der Waals surface area contributed by atoms with Crippen molar-refractivity contribution in [1.29, 1.82) is 0 Å². The summed E-state index contributed by atoms with van der Waals surface area (Å²) in [6.07, 6.45) is 1.61. The summed E-state index contributed by atoms with van der Waals surface area (Å²) >= 11 is 0. The highest BCUT2D eigenvalue weighted by atomic mass is 16.5. The van der Waals surface area contributed by atoms with Crippen LogP contribution in [-0.2, 0) is 18.3 Å². The molecule has 2 aromatic heterocycles. The van der Waals surface area contributed by atoms with E-state index in [9.17, 15) is 9.59 Å². The van der Waals surface area contributed by atoms with Crippen LogP contribution in [0.1, 0.15) is 41.1 Å². The van der Waals surface area contributed by atoms with Gasteiger partial charge in [-0.2, -0.15) is 4.98 Å². The molecule has 1 aliphatic rings. The molecular formula is C17H17N5O4. The Hall–Kier alpha value is -3.07. The molecule has 134 valence electrons. The molecule has 0 bridgehead atoms. The van der Waals surface area contributed by atoms with E-state index in [4.69, 9.17) is 9.26 Å². The van der Waals surface area contributed by atoms with Crippen molar-refractivity contribution < 1.29 is 14.1 Å². The Kier molecular flexibility index (Phi) is 4.21. The van der Waals surface area contributed by atoms with E-state index in [0.29, 0.717) is 29.4 Å². The normalized spacial score (nSPS) is 16.9. The molecule has 1 aromatic carbocycles. The number of ether oxygens (including phenoxy) is 1. The molecule has 3 heterocycles. The fourth-order valence-corrected chi connectivity index (χ4v) is 2.91. The third kappa shape index (κ3) is 2.97. The number of hydrogen-bond donors (Lipinski definition) is 1. The second kappa shape index (κ2) is 6.68. The second-order valence-electron chi connectivity index (χ2n) is 6.05. The zero-order valence-electron chi connectivity index (χ0n) is 14.1. The Balaban J connectivity index is 1.51. The van der Waals surface area contributed by atoms with Gasteiger partial charge in [-0.1, -0.05) is 17.3 Å². The number of aryl methyl sites for hydroxylation is 1. The zero-order valence-corrected chi connectivity index (χ0v) is 14.1. The van der Waals surface area contributed by atoms with Crippen LogP contribution < -0.4 is 10.9 Å². The van der Waals surface area contributed by atoms with Crippen molar-refractivity contribution >= 4 is 16.9 Å². The summed E-state index contributed by atoms with van der Waals surface area (Å²) in [7, 11) is 1.61. The molecular weight excluding hydrogens is 338 g/mol. The molecule has 3 aromatic rings. The summed E-state index contributed by atoms with van der Waals surface area (Å²) in [5.41, 5.74) is 0.594. The van der Waals surface area contributed by atoms with E-state index in [1.165, 1.54) is 4.57 Å². The van der Waals surface area contributed by atoms with Crippen molar-refractivity contribution in [3.63, 3.8) is 0 Å². The van der Waals surface area contributed by atoms with Gasteiger partial charge in [-0.3, -0.25) is 9.59 Å². The zero-order chi connectivity index (χ0) is 18.1. The van der Waals surface area contributed by atoms with Gasteiger partial charge in [0.2, 0.25) is 0 Å². The number of hydrogen-bond acceptors (Lipinski definition) is 7. The predicted molar refractivity (Wildman–Crippen MR) is 90.4 cm³/mol. The van der Waals surface area contributed by atoms with Crippen LogP contribution in [0.15, 0.2) is 33.6 Å². The SMILES string of the molecule is Cn1c(=O)c(C(=O)NCc2noc([C@H]3CCCO3)n2)nc2ccccc21. The van der Waals surface area contributed by atoms with E-state index in [0.717, 1.165) is 12.8 Å². The Morgan fingerprint density at radius 2 is 2.19 bits per heavy atom. The van der Waals surface area contributed by atoms with Gasteiger partial charge in [-0.25, -0.2) is 4.98 Å². The highest BCUT2D eigenvalue weighted by Crippen LogP contribution is 2.26. The van der Waals surface area contributed by atoms with E-state index >= 15 is 0 Å². The fourth-order valence-electron chi connectivity index (χ4n) is 2.91. The Labute approximate surface area is 148 Å². The molecule has 26 heavy (non-hydrogen) atoms. The van der Waals surface area contributed by atoms with E-state index in [-0.39, 0.29) is 18.3 Å². The first-order valence-corrected chi connectivity index (χ1v) is 8.31. The topological polar surface area (TPSA) is 112 Å². The smallest absolute Gasteiger partial charge is 0.282 e. The molecule has 1 fully saturated rings. The number of nitrogens with one attached hydrogen (secondary N) is 1. The largest absolute Gasteiger partial charge is 0.368 e. The highest BCUT2D eigenvalue weighted by molar-refractivity contribution is 5.93. The first kappa shape index (κ1) is 16.4. The number of carbonyl (C=O) groups is 1. The third-order valence-corrected chi connectivity index (χ3v) is 4.29. The first-order valence-electron chi connectivity index (χ1n) is 8.31. The lowest BCUT2D eigenvalue weighted by Gasteiger charge is -2.07. The average Bonchev–Trinajstić information content (AvgIpc) is 3.34. The summed E-state index contributed by atoms with van der Waals surface area (Å²) in [6, 6.07) is 7.13. The van der Waals surface area contributed by atoms with Gasteiger partial charge in [0.1, 0.15) is 6.10 Å². The molecule has 0 spiro atoms. The van der Waals surface area contributed by atoms with Gasteiger partial charge in [0.25, 0.3) is 17.4 Å². The molecule has 1 atom stereocenters. The minimum absolute atomic E-state index is 0.0344. The Morgan fingerprint density at radius 3 is 3.00 bits per heavy atom. The summed E-state index contributed by atoms with van der Waals surface area (Å²) in [5.74, 6) is 0.146. The number of para-hydroxylation sites is 2. The maximum atomic E-state index is 12.4. The summed E-state index contributed by atoms with van der Waals surface area (Å²) in [4.78, 5) is 33.2. The number of benzene rings is 1. The number of fused-ring (bicyclic) bond motifs is 1. The maximum Gasteiger partial charge on any atom is 0.282 e. The van der Waals surface area contributed by atoms with E-state index in [2.05, 4.69) is 20.4 Å². The standard InChI is InChI=1S/C17H17N5O4/c1-22-11-6-3-2-5-10(11)19-14(17(22)24)15(23)18-9-13-20-16(26-21-13)12-7-4-8-25-12/h2-3,5-6,12H,4,7-9H2,1H3,(H,18,23)/t12-/m1/s1. The molecule has 9 heteroatoms. The van der Waals surface area contributed by atoms with Crippen LogP contribution in [0.3, 0.4) is 0 Å². The number of amides is 1. The monoisotopic (exact) mass is 355 g/mol. The van der Waals surface area contributed by atoms with Crippen LogP contribution in [0.25, 0.3) is 11.0 Å². The van der Waals surface area contributed by atoms with Crippen LogP contribution in [0.2, 0.25) is 0 Å². The number of rotatable bonds is 4. The van der Waals surface area contributed by atoms with Crippen LogP contribution in [-0.4, -0.2) is 32.2 Å². The van der Waals surface area contributed by atoms with E-state index in [1.807, 2.05) is 6.07 Å². The first-order chi connectivity index (χ1) is 12.6. The molecule has 9 nitrogen and oxygen atoms in total. The molecule has 4 rings (SSSR count). The van der Waals surface area contributed by atoms with Gasteiger partial charge in [-0.05, 0) is 25.0 Å². The van der Waals surface area contributed by atoms with Gasteiger partial charge in [0.15, 0.2) is 11.5 Å². The van der Waals surface area contributed by atoms with Crippen LogP contribution in [0.5, 0.6) is 0 Å². The third-order valence-electron chi connectivity index (χ3n) is 4.29. The average molecular weight is 355 g/mol. The quantitative estimate of drug-likeness (QED) is 0.745. The van der Waals surface area contributed by atoms with Crippen molar-refractivity contribution in [3.8, 4) is 0 Å². The minimum atomic E-state index is -0.584. The van der Waals surface area contributed by atoms with Crippen molar-refractivity contribution in [3.05, 3.63) is 52.0 Å². The number of carbonyl (C=O) groups excluding carboxylic acids is 1. The van der Waals surface area contributed by atoms with Gasteiger partial charge >= 0.3 is 0 Å². The van der Waals surface area contributed by atoms with Gasteiger partial charge in [0, 0.05) is 13.7 Å². The van der Waals surface area contributed by atoms with Gasteiger partial charge in [-0.15, -0.1) is 0 Å². The van der Waals surface area contributed by atoms with Crippen LogP contribution in [0, 0.1) is 0 Å². The molecule has 1 amide bonds. The predicted octanol–water partition coefficient (Wildman–Crippen LogP) is 1.10. The van der Waals surface area contributed by atoms with Crippen LogP contribution >= 0.6 is 0 Å². The second-order valence-corrected chi connectivity index (χ2v) is 6.05. The van der Waals surface area contributed by atoms with Gasteiger partial charge in [0.05, 0.1) is 17.6 Å². The summed E-state index contributed by atoms with van der Waals surface area (Å²) in [5, 5.41) is 6.44. The van der Waals surface area contributed by atoms with Crippen molar-refractivity contribution in [2.24, 2.45) is 7.05 Å². The molecule has 1 aliphatic heterocycles. The number of nitrogens with zero attached hydrogens (tertiary/aromatic N) is 4. The van der Waals surface area contributed by atoms with E-state index < -0.39 is 11.5 Å². The lowest BCUT2D eigenvalue weighted by atomic mass is 10.2. The summed E-state index contributed by atoms with van der Waals surface area (Å²) in [6.45, 7) is 0.711. The Bertz CT molecular complexity index is 1020. The minimum Gasteiger partial charge on any atom is -0.368 e. The van der Waals surface area contributed by atoms with Gasteiger partial charge < -0.3 is 19.1 Å². The molecule has 1 saturated heterocycles. The van der Waals surface area contributed by atoms with Crippen molar-refractivity contribution in [2.45, 2.75) is 25.5 Å². The highest BCUT2D eigenvalue weighted by Gasteiger charge is 2.24. The Morgan fingerprint density at radius 1 is 1.35 bits per heavy atom. The maximum absolute atomic E-state index is 12.4. The fraction of sp³-hybridized carbons (Fsp3) is 0.353. The summed E-state index contributed by atoms with van der Waals surface area (Å²) < 4.78 is 12.1.